The molecule has 0 amide bonds. The van der Waals surface area contributed by atoms with E-state index in [9.17, 15) is 0 Å². The first-order chi connectivity index (χ1) is 24.8. The second kappa shape index (κ2) is 11.5. The van der Waals surface area contributed by atoms with Crippen molar-refractivity contribution in [1.82, 2.24) is 15.0 Å². The average molecular weight is 636 g/mol. The summed E-state index contributed by atoms with van der Waals surface area (Å²) in [7, 11) is 0. The van der Waals surface area contributed by atoms with Gasteiger partial charge in [-0.25, -0.2) is 15.0 Å². The van der Waals surface area contributed by atoms with Gasteiger partial charge in [0.2, 0.25) is 0 Å². The van der Waals surface area contributed by atoms with Gasteiger partial charge in [0.15, 0.2) is 17.5 Å². The predicted octanol–water partition coefficient (Wildman–Crippen LogP) is 12.2. The maximum atomic E-state index is 5.18. The van der Waals surface area contributed by atoms with Gasteiger partial charge in [0.05, 0.1) is 0 Å². The number of hydrogen-bond donors (Lipinski definition) is 0. The minimum Gasteiger partial charge on any atom is -0.208 e. The van der Waals surface area contributed by atoms with E-state index in [0.29, 0.717) is 17.5 Å². The third-order valence-electron chi connectivity index (χ3n) is 9.85. The monoisotopic (exact) mass is 635 g/mol. The van der Waals surface area contributed by atoms with Crippen LogP contribution in [-0.2, 0) is 0 Å². The molecule has 0 atom stereocenters. The summed E-state index contributed by atoms with van der Waals surface area (Å²) < 4.78 is 0. The van der Waals surface area contributed by atoms with Crippen LogP contribution in [0.25, 0.3) is 100 Å². The molecule has 0 aliphatic heterocycles. The molecule has 0 N–H and O–H groups in total. The van der Waals surface area contributed by atoms with Gasteiger partial charge in [0, 0.05) is 16.7 Å². The zero-order chi connectivity index (χ0) is 33.0. The number of fused-ring (bicyclic) bond motifs is 4. The fraction of sp³-hybridized carbons (Fsp3) is 0. The summed E-state index contributed by atoms with van der Waals surface area (Å²) in [4.78, 5) is 15.3. The quantitative estimate of drug-likeness (QED) is 0.189. The summed E-state index contributed by atoms with van der Waals surface area (Å²) in [5.74, 6) is 1.98. The molecular formula is C47H29N3. The molecule has 1 aliphatic rings. The van der Waals surface area contributed by atoms with Gasteiger partial charge in [-0.15, -0.1) is 0 Å². The van der Waals surface area contributed by atoms with E-state index in [1.165, 1.54) is 55.3 Å². The molecule has 0 fully saturated rings. The van der Waals surface area contributed by atoms with Crippen molar-refractivity contribution >= 4 is 21.5 Å². The lowest BCUT2D eigenvalue weighted by atomic mass is 9.89. The first-order valence-corrected chi connectivity index (χ1v) is 16.9. The third-order valence-corrected chi connectivity index (χ3v) is 9.85. The zero-order valence-electron chi connectivity index (χ0n) is 27.1. The molecule has 10 rings (SSSR count). The summed E-state index contributed by atoms with van der Waals surface area (Å²) in [6, 6.07) is 62.2. The molecule has 0 saturated heterocycles. The molecule has 0 spiro atoms. The highest BCUT2D eigenvalue weighted by atomic mass is 15.0. The second-order valence-corrected chi connectivity index (χ2v) is 12.8. The molecule has 3 nitrogen and oxygen atoms in total. The van der Waals surface area contributed by atoms with E-state index in [2.05, 4.69) is 158 Å². The fourth-order valence-electron chi connectivity index (χ4n) is 7.49. The Balaban J connectivity index is 1.21. The lowest BCUT2D eigenvalue weighted by molar-refractivity contribution is 1.08. The molecule has 1 aliphatic carbocycles. The van der Waals surface area contributed by atoms with Crippen molar-refractivity contribution in [2.75, 3.05) is 0 Å². The van der Waals surface area contributed by atoms with Gasteiger partial charge in [0.1, 0.15) is 0 Å². The van der Waals surface area contributed by atoms with Gasteiger partial charge >= 0.3 is 0 Å². The Hall–Kier alpha value is -6.71. The first-order valence-electron chi connectivity index (χ1n) is 16.9. The Bertz CT molecular complexity index is 2740. The number of nitrogens with zero attached hydrogens (tertiary/aromatic N) is 3. The average Bonchev–Trinajstić information content (AvgIpc) is 3.53. The molecule has 0 saturated carbocycles. The van der Waals surface area contributed by atoms with Gasteiger partial charge < -0.3 is 0 Å². The summed E-state index contributed by atoms with van der Waals surface area (Å²) in [5, 5.41) is 4.70. The molecule has 0 bridgehead atoms. The predicted molar refractivity (Wildman–Crippen MR) is 206 cm³/mol. The van der Waals surface area contributed by atoms with Gasteiger partial charge in [-0.3, -0.25) is 0 Å². The van der Waals surface area contributed by atoms with Crippen LogP contribution in [0, 0.1) is 0 Å². The maximum Gasteiger partial charge on any atom is 0.164 e. The van der Waals surface area contributed by atoms with Gasteiger partial charge in [-0.1, -0.05) is 152 Å². The van der Waals surface area contributed by atoms with Crippen LogP contribution in [0.5, 0.6) is 0 Å². The largest absolute Gasteiger partial charge is 0.208 e. The summed E-state index contributed by atoms with van der Waals surface area (Å²) in [6.45, 7) is 0. The molecule has 50 heavy (non-hydrogen) atoms. The number of rotatable bonds is 5. The zero-order valence-corrected chi connectivity index (χ0v) is 27.1. The molecule has 0 unspecified atom stereocenters. The highest BCUT2D eigenvalue weighted by molar-refractivity contribution is 6.21. The molecule has 8 aromatic carbocycles. The van der Waals surface area contributed by atoms with Crippen molar-refractivity contribution in [3.8, 4) is 78.7 Å². The van der Waals surface area contributed by atoms with Crippen molar-refractivity contribution in [3.63, 3.8) is 0 Å². The van der Waals surface area contributed by atoms with Crippen LogP contribution in [0.15, 0.2) is 176 Å². The van der Waals surface area contributed by atoms with Crippen LogP contribution < -0.4 is 0 Å². The lowest BCUT2D eigenvalue weighted by Crippen LogP contribution is -2.00. The van der Waals surface area contributed by atoms with Crippen LogP contribution >= 0.6 is 0 Å². The molecule has 1 heterocycles. The van der Waals surface area contributed by atoms with Crippen LogP contribution in [0.1, 0.15) is 0 Å². The van der Waals surface area contributed by atoms with Crippen LogP contribution in [-0.4, -0.2) is 15.0 Å². The smallest absolute Gasteiger partial charge is 0.164 e. The van der Waals surface area contributed by atoms with Gasteiger partial charge in [0.25, 0.3) is 0 Å². The van der Waals surface area contributed by atoms with Crippen LogP contribution in [0.4, 0.5) is 0 Å². The minimum absolute atomic E-state index is 0.657. The van der Waals surface area contributed by atoms with Crippen molar-refractivity contribution in [3.05, 3.63) is 176 Å². The number of aromatic nitrogens is 3. The Kier molecular flexibility index (Phi) is 6.49. The van der Waals surface area contributed by atoms with E-state index in [1.54, 1.807) is 0 Å². The SMILES string of the molecule is c1ccc(-c2cc(-c3ccccc3)c3c(c2)-c2ccc(-c4nc(-c5ccccc5)nc(-c5ccc6ccccc6c5)n4)c4cccc-3c24)cc1. The lowest BCUT2D eigenvalue weighted by Gasteiger charge is -2.14. The summed E-state index contributed by atoms with van der Waals surface area (Å²) in [6.07, 6.45) is 0. The first kappa shape index (κ1) is 28.3. The molecule has 3 heteroatoms. The van der Waals surface area contributed by atoms with E-state index in [1.807, 2.05) is 18.2 Å². The normalized spacial score (nSPS) is 11.6. The standard InChI is InChI=1S/C47H29N3/c1-4-13-30(14-5-1)36-28-41(32-16-6-2-7-17-32)44-40-22-12-21-37-39(26-25-38(43(37)40)42(44)29-36)47-49-45(33-18-8-3-9-19-33)48-46(50-47)35-24-23-31-15-10-11-20-34(31)27-35/h1-29H. The molecule has 1 aromatic heterocycles. The Morgan fingerprint density at radius 3 is 1.64 bits per heavy atom. The molecular weight excluding hydrogens is 607 g/mol. The van der Waals surface area contributed by atoms with Crippen molar-refractivity contribution in [2.24, 2.45) is 0 Å². The highest BCUT2D eigenvalue weighted by Crippen LogP contribution is 2.53. The van der Waals surface area contributed by atoms with E-state index < -0.39 is 0 Å². The Morgan fingerprint density at radius 2 is 0.880 bits per heavy atom. The van der Waals surface area contributed by atoms with Crippen molar-refractivity contribution in [1.29, 1.82) is 0 Å². The number of benzene rings is 8. The topological polar surface area (TPSA) is 38.7 Å². The van der Waals surface area contributed by atoms with E-state index >= 15 is 0 Å². The second-order valence-electron chi connectivity index (χ2n) is 12.8. The van der Waals surface area contributed by atoms with Crippen LogP contribution in [0.3, 0.4) is 0 Å². The van der Waals surface area contributed by atoms with E-state index in [0.717, 1.165) is 27.5 Å². The maximum absolute atomic E-state index is 5.18. The van der Waals surface area contributed by atoms with Crippen molar-refractivity contribution < 1.29 is 0 Å². The molecule has 0 radical (unpaired) electrons. The molecule has 232 valence electrons. The van der Waals surface area contributed by atoms with Gasteiger partial charge in [-0.2, -0.15) is 0 Å². The highest BCUT2D eigenvalue weighted by Gasteiger charge is 2.27. The van der Waals surface area contributed by atoms with Gasteiger partial charge in [-0.05, 0) is 90.3 Å². The summed E-state index contributed by atoms with van der Waals surface area (Å²) >= 11 is 0. The van der Waals surface area contributed by atoms with E-state index in [4.69, 9.17) is 15.0 Å². The van der Waals surface area contributed by atoms with E-state index in [-0.39, 0.29) is 0 Å². The number of hydrogen-bond acceptors (Lipinski definition) is 3. The Morgan fingerprint density at radius 1 is 0.280 bits per heavy atom. The van der Waals surface area contributed by atoms with Crippen LogP contribution in [0.2, 0.25) is 0 Å². The Labute approximate surface area is 290 Å². The minimum atomic E-state index is 0.657. The third kappa shape index (κ3) is 4.63. The summed E-state index contributed by atoms with van der Waals surface area (Å²) in [5.41, 5.74) is 12.7. The molecule has 9 aromatic rings. The fourth-order valence-corrected chi connectivity index (χ4v) is 7.49. The van der Waals surface area contributed by atoms with Crippen molar-refractivity contribution in [2.45, 2.75) is 0 Å².